The molecular formula is C12H19N3O3S. The lowest BCUT2D eigenvalue weighted by Gasteiger charge is -2.20. The fraction of sp³-hybridized carbons (Fsp3) is 0.583. The normalized spacial score (nSPS) is 15.9. The molecule has 0 saturated heterocycles. The molecule has 106 valence electrons. The number of nitrogens with two attached hydrogens (primary N) is 1. The predicted octanol–water partition coefficient (Wildman–Crippen LogP) is 0.340. The summed E-state index contributed by atoms with van der Waals surface area (Å²) in [4.78, 5) is 4.01. The van der Waals surface area contributed by atoms with Crippen LogP contribution in [-0.2, 0) is 21.3 Å². The highest BCUT2D eigenvalue weighted by atomic mass is 32.2. The van der Waals surface area contributed by atoms with E-state index in [0.29, 0.717) is 19.7 Å². The van der Waals surface area contributed by atoms with Gasteiger partial charge in [-0.1, -0.05) is 6.07 Å². The number of nitrogens with zero attached hydrogens (tertiary/aromatic N) is 2. The molecule has 0 amide bonds. The van der Waals surface area contributed by atoms with Gasteiger partial charge in [0.2, 0.25) is 0 Å². The summed E-state index contributed by atoms with van der Waals surface area (Å²) in [5.41, 5.74) is 6.29. The van der Waals surface area contributed by atoms with Crippen molar-refractivity contribution < 1.29 is 13.2 Å². The summed E-state index contributed by atoms with van der Waals surface area (Å²) in [6.45, 7) is 1.10. The zero-order chi connectivity index (χ0) is 13.9. The molecule has 1 aliphatic carbocycles. The van der Waals surface area contributed by atoms with Gasteiger partial charge in [-0.05, 0) is 24.5 Å². The molecule has 6 nitrogen and oxygen atoms in total. The summed E-state index contributed by atoms with van der Waals surface area (Å²) in [6.07, 6.45) is 3.32. The van der Waals surface area contributed by atoms with Gasteiger partial charge in [0.25, 0.3) is 10.0 Å². The van der Waals surface area contributed by atoms with Gasteiger partial charge in [-0.25, -0.2) is 13.4 Å². The van der Waals surface area contributed by atoms with Crippen LogP contribution in [0.25, 0.3) is 0 Å². The third-order valence-electron chi connectivity index (χ3n) is 3.08. The first-order valence-corrected chi connectivity index (χ1v) is 7.69. The van der Waals surface area contributed by atoms with Crippen LogP contribution in [0.1, 0.15) is 18.4 Å². The van der Waals surface area contributed by atoms with Crippen LogP contribution in [-0.4, -0.2) is 44.0 Å². The lowest BCUT2D eigenvalue weighted by Crippen LogP contribution is -2.36. The largest absolute Gasteiger partial charge is 0.383 e. The van der Waals surface area contributed by atoms with Crippen LogP contribution in [0.2, 0.25) is 0 Å². The van der Waals surface area contributed by atoms with E-state index in [4.69, 9.17) is 10.5 Å². The lowest BCUT2D eigenvalue weighted by molar-refractivity contribution is 0.177. The SMILES string of the molecule is COCCN(C1CC1)S(=O)(=O)c1ccc(CN)cn1. The molecule has 1 aromatic rings. The van der Waals surface area contributed by atoms with Crippen molar-refractivity contribution in [1.82, 2.24) is 9.29 Å². The highest BCUT2D eigenvalue weighted by Crippen LogP contribution is 2.31. The predicted molar refractivity (Wildman–Crippen MR) is 70.9 cm³/mol. The zero-order valence-electron chi connectivity index (χ0n) is 10.9. The number of pyridine rings is 1. The molecule has 0 radical (unpaired) electrons. The van der Waals surface area contributed by atoms with Crippen molar-refractivity contribution >= 4 is 10.0 Å². The van der Waals surface area contributed by atoms with E-state index in [1.807, 2.05) is 0 Å². The molecule has 2 N–H and O–H groups in total. The van der Waals surface area contributed by atoms with Crippen LogP contribution in [0.5, 0.6) is 0 Å². The van der Waals surface area contributed by atoms with Gasteiger partial charge in [0.05, 0.1) is 6.61 Å². The first kappa shape index (κ1) is 14.4. The summed E-state index contributed by atoms with van der Waals surface area (Å²) in [5.74, 6) is 0. The second kappa shape index (κ2) is 5.96. The number of methoxy groups -OCH3 is 1. The number of hydrogen-bond acceptors (Lipinski definition) is 5. The molecule has 0 spiro atoms. The van der Waals surface area contributed by atoms with E-state index in [9.17, 15) is 8.42 Å². The Kier molecular flexibility index (Phi) is 4.51. The summed E-state index contributed by atoms with van der Waals surface area (Å²) in [6, 6.07) is 3.30. The Hall–Kier alpha value is -1.02. The summed E-state index contributed by atoms with van der Waals surface area (Å²) < 4.78 is 31.5. The first-order chi connectivity index (χ1) is 9.09. The Morgan fingerprint density at radius 1 is 1.47 bits per heavy atom. The van der Waals surface area contributed by atoms with E-state index in [-0.39, 0.29) is 11.1 Å². The van der Waals surface area contributed by atoms with Gasteiger partial charge >= 0.3 is 0 Å². The standard InChI is InChI=1S/C12H19N3O3S/c1-18-7-6-15(11-3-4-11)19(16,17)12-5-2-10(8-13)9-14-12/h2,5,9,11H,3-4,6-8,13H2,1H3. The molecule has 1 heterocycles. The van der Waals surface area contributed by atoms with Crippen molar-refractivity contribution in [3.63, 3.8) is 0 Å². The molecule has 1 saturated carbocycles. The quantitative estimate of drug-likeness (QED) is 0.781. The van der Waals surface area contributed by atoms with Crippen LogP contribution in [0.4, 0.5) is 0 Å². The maximum atomic E-state index is 12.5. The van der Waals surface area contributed by atoms with Crippen molar-refractivity contribution in [2.75, 3.05) is 20.3 Å². The second-order valence-electron chi connectivity index (χ2n) is 4.55. The minimum Gasteiger partial charge on any atom is -0.383 e. The molecule has 1 aliphatic rings. The van der Waals surface area contributed by atoms with Gasteiger partial charge in [-0.3, -0.25) is 0 Å². The van der Waals surface area contributed by atoms with E-state index >= 15 is 0 Å². The van der Waals surface area contributed by atoms with E-state index in [1.165, 1.54) is 16.6 Å². The van der Waals surface area contributed by atoms with Gasteiger partial charge in [0.1, 0.15) is 0 Å². The van der Waals surface area contributed by atoms with Crippen LogP contribution in [0.15, 0.2) is 23.4 Å². The van der Waals surface area contributed by atoms with Crippen molar-refractivity contribution in [2.24, 2.45) is 5.73 Å². The van der Waals surface area contributed by atoms with Gasteiger partial charge < -0.3 is 10.5 Å². The van der Waals surface area contributed by atoms with Crippen molar-refractivity contribution in [1.29, 1.82) is 0 Å². The van der Waals surface area contributed by atoms with Crippen LogP contribution in [0.3, 0.4) is 0 Å². The average molecular weight is 285 g/mol. The zero-order valence-corrected chi connectivity index (χ0v) is 11.8. The third kappa shape index (κ3) is 3.30. The molecule has 1 fully saturated rings. The molecular weight excluding hydrogens is 266 g/mol. The highest BCUT2D eigenvalue weighted by Gasteiger charge is 2.38. The summed E-state index contributed by atoms with van der Waals surface area (Å²) >= 11 is 0. The lowest BCUT2D eigenvalue weighted by atomic mass is 10.3. The molecule has 0 bridgehead atoms. The second-order valence-corrected chi connectivity index (χ2v) is 6.39. The number of ether oxygens (including phenoxy) is 1. The van der Waals surface area contributed by atoms with Crippen molar-refractivity contribution in [2.45, 2.75) is 30.5 Å². The Morgan fingerprint density at radius 3 is 2.68 bits per heavy atom. The van der Waals surface area contributed by atoms with Crippen molar-refractivity contribution in [3.8, 4) is 0 Å². The minimum absolute atomic E-state index is 0.0766. The van der Waals surface area contributed by atoms with Crippen LogP contribution >= 0.6 is 0 Å². The Bertz CT molecular complexity index is 512. The molecule has 0 unspecified atom stereocenters. The summed E-state index contributed by atoms with van der Waals surface area (Å²) in [5, 5.41) is 0.0766. The number of rotatable bonds is 7. The van der Waals surface area contributed by atoms with Crippen LogP contribution < -0.4 is 5.73 Å². The number of hydrogen-bond donors (Lipinski definition) is 1. The van der Waals surface area contributed by atoms with Gasteiger partial charge in [0, 0.05) is 32.4 Å². The Balaban J connectivity index is 2.22. The summed E-state index contributed by atoms with van der Waals surface area (Å²) in [7, 11) is -1.97. The monoisotopic (exact) mass is 285 g/mol. The maximum absolute atomic E-state index is 12.5. The Morgan fingerprint density at radius 2 is 2.21 bits per heavy atom. The van der Waals surface area contributed by atoms with E-state index < -0.39 is 10.0 Å². The fourth-order valence-corrected chi connectivity index (χ4v) is 3.43. The fourth-order valence-electron chi connectivity index (χ4n) is 1.85. The van der Waals surface area contributed by atoms with Gasteiger partial charge in [-0.15, -0.1) is 0 Å². The Labute approximate surface area is 113 Å². The molecule has 2 rings (SSSR count). The number of aromatic nitrogens is 1. The maximum Gasteiger partial charge on any atom is 0.260 e. The van der Waals surface area contributed by atoms with Gasteiger partial charge in [-0.2, -0.15) is 4.31 Å². The first-order valence-electron chi connectivity index (χ1n) is 6.25. The molecule has 0 atom stereocenters. The molecule has 7 heteroatoms. The van der Waals surface area contributed by atoms with Crippen molar-refractivity contribution in [3.05, 3.63) is 23.9 Å². The molecule has 0 aromatic carbocycles. The highest BCUT2D eigenvalue weighted by molar-refractivity contribution is 7.89. The smallest absolute Gasteiger partial charge is 0.260 e. The van der Waals surface area contributed by atoms with Gasteiger partial charge in [0.15, 0.2) is 5.03 Å². The van der Waals surface area contributed by atoms with E-state index in [2.05, 4.69) is 4.98 Å². The van der Waals surface area contributed by atoms with E-state index in [1.54, 1.807) is 13.2 Å². The molecule has 1 aromatic heterocycles. The average Bonchev–Trinajstić information content (AvgIpc) is 3.23. The molecule has 19 heavy (non-hydrogen) atoms. The number of sulfonamides is 1. The topological polar surface area (TPSA) is 85.5 Å². The molecule has 0 aliphatic heterocycles. The third-order valence-corrected chi connectivity index (χ3v) is 4.94. The van der Waals surface area contributed by atoms with Crippen LogP contribution in [0, 0.1) is 0 Å². The van der Waals surface area contributed by atoms with E-state index in [0.717, 1.165) is 18.4 Å². The minimum atomic E-state index is -3.53.